The van der Waals surface area contributed by atoms with Crippen molar-refractivity contribution in [2.75, 3.05) is 13.1 Å². The molecule has 10 heteroatoms. The van der Waals surface area contributed by atoms with E-state index in [9.17, 15) is 32.5 Å². The van der Waals surface area contributed by atoms with Crippen molar-refractivity contribution in [2.24, 2.45) is 0 Å². The molecule has 0 aliphatic carbocycles. The van der Waals surface area contributed by atoms with Crippen LogP contribution in [0.2, 0.25) is 0 Å². The molecule has 1 heterocycles. The third-order valence-corrected chi connectivity index (χ3v) is 5.64. The Hall–Kier alpha value is -3.27. The fraction of sp³-hybridized carbons (Fsp3) is 0.348. The largest absolute Gasteiger partial charge is 0.423 e. The summed E-state index contributed by atoms with van der Waals surface area (Å²) in [4.78, 5) is 26.3. The monoisotopic (exact) mass is 465 g/mol. The first-order valence-corrected chi connectivity index (χ1v) is 10.3. The standard InChI is InChI=1S/C23H23F4N3O3/c1-15-13-29(16(2)12-28(15)14-18-3-7-19(24)8-4-18)22(31)10-6-17-5-9-21(30(32)33)20(11-17)23(25,26)27/h3-11,15-16H,12-14H2,1-2H3. The van der Waals surface area contributed by atoms with Crippen molar-refractivity contribution in [3.63, 3.8) is 0 Å². The summed E-state index contributed by atoms with van der Waals surface area (Å²) in [7, 11) is 0. The van der Waals surface area contributed by atoms with Crippen LogP contribution in [0, 0.1) is 15.9 Å². The number of halogens is 4. The summed E-state index contributed by atoms with van der Waals surface area (Å²) in [5.41, 5.74) is -1.41. The topological polar surface area (TPSA) is 66.7 Å². The van der Waals surface area contributed by atoms with Crippen LogP contribution in [-0.4, -0.2) is 45.8 Å². The SMILES string of the molecule is CC1CN(C(=O)C=Cc2ccc([N+](=O)[O-])c(C(F)(F)F)c2)C(C)CN1Cc1ccc(F)cc1. The Kier molecular flexibility index (Phi) is 7.16. The first kappa shape index (κ1) is 24.4. The number of benzene rings is 2. The molecule has 2 atom stereocenters. The Morgan fingerprint density at radius 1 is 1.12 bits per heavy atom. The number of nitrogens with zero attached hydrogens (tertiary/aromatic N) is 3. The van der Waals surface area contributed by atoms with Crippen LogP contribution < -0.4 is 0 Å². The molecule has 33 heavy (non-hydrogen) atoms. The number of piperazine rings is 1. The van der Waals surface area contributed by atoms with Crippen LogP contribution in [-0.2, 0) is 17.5 Å². The summed E-state index contributed by atoms with van der Waals surface area (Å²) in [6.07, 6.45) is -2.48. The number of hydrogen-bond acceptors (Lipinski definition) is 4. The Labute approximate surface area is 188 Å². The molecular weight excluding hydrogens is 442 g/mol. The quantitative estimate of drug-likeness (QED) is 0.273. The molecule has 1 amide bonds. The maximum Gasteiger partial charge on any atom is 0.423 e. The van der Waals surface area contributed by atoms with Crippen molar-refractivity contribution in [3.8, 4) is 0 Å². The number of nitro benzene ring substituents is 1. The average molecular weight is 465 g/mol. The minimum Gasteiger partial charge on any atom is -0.334 e. The van der Waals surface area contributed by atoms with Crippen molar-refractivity contribution in [1.29, 1.82) is 0 Å². The third-order valence-electron chi connectivity index (χ3n) is 5.64. The first-order chi connectivity index (χ1) is 15.5. The second-order valence-corrected chi connectivity index (χ2v) is 8.11. The first-order valence-electron chi connectivity index (χ1n) is 10.3. The molecule has 1 fully saturated rings. The zero-order valence-electron chi connectivity index (χ0n) is 18.1. The van der Waals surface area contributed by atoms with Gasteiger partial charge in [0.2, 0.25) is 5.91 Å². The van der Waals surface area contributed by atoms with Gasteiger partial charge in [-0.3, -0.25) is 19.8 Å². The smallest absolute Gasteiger partial charge is 0.334 e. The van der Waals surface area contributed by atoms with Crippen LogP contribution in [0.3, 0.4) is 0 Å². The fourth-order valence-corrected chi connectivity index (χ4v) is 3.86. The van der Waals surface area contributed by atoms with Gasteiger partial charge >= 0.3 is 6.18 Å². The number of nitro groups is 1. The molecule has 176 valence electrons. The van der Waals surface area contributed by atoms with Gasteiger partial charge in [-0.25, -0.2) is 4.39 Å². The summed E-state index contributed by atoms with van der Waals surface area (Å²) >= 11 is 0. The van der Waals surface area contributed by atoms with Crippen LogP contribution in [0.25, 0.3) is 6.08 Å². The molecule has 0 bridgehead atoms. The Bertz CT molecular complexity index is 1050. The number of carbonyl (C=O) groups is 1. The zero-order valence-corrected chi connectivity index (χ0v) is 18.1. The highest BCUT2D eigenvalue weighted by Crippen LogP contribution is 2.36. The van der Waals surface area contributed by atoms with Crippen molar-refractivity contribution >= 4 is 17.7 Å². The molecule has 0 N–H and O–H groups in total. The van der Waals surface area contributed by atoms with E-state index in [0.29, 0.717) is 25.7 Å². The molecule has 2 aromatic rings. The second kappa shape index (κ2) is 9.70. The Morgan fingerprint density at radius 3 is 2.39 bits per heavy atom. The number of rotatable bonds is 5. The molecule has 0 radical (unpaired) electrons. The molecule has 0 saturated carbocycles. The van der Waals surface area contributed by atoms with E-state index in [2.05, 4.69) is 4.90 Å². The van der Waals surface area contributed by atoms with E-state index in [-0.39, 0.29) is 29.4 Å². The third kappa shape index (κ3) is 5.95. The lowest BCUT2D eigenvalue weighted by Crippen LogP contribution is -2.57. The van der Waals surface area contributed by atoms with Crippen molar-refractivity contribution in [2.45, 2.75) is 38.7 Å². The summed E-state index contributed by atoms with van der Waals surface area (Å²) in [5.74, 6) is -0.666. The minimum atomic E-state index is -4.89. The lowest BCUT2D eigenvalue weighted by Gasteiger charge is -2.44. The molecular formula is C23H23F4N3O3. The van der Waals surface area contributed by atoms with Gasteiger partial charge in [0.05, 0.1) is 4.92 Å². The predicted molar refractivity (Wildman–Crippen MR) is 115 cm³/mol. The lowest BCUT2D eigenvalue weighted by molar-refractivity contribution is -0.388. The average Bonchev–Trinajstić information content (AvgIpc) is 2.75. The second-order valence-electron chi connectivity index (χ2n) is 8.11. The molecule has 1 saturated heterocycles. The summed E-state index contributed by atoms with van der Waals surface area (Å²) in [5, 5.41) is 10.9. The van der Waals surface area contributed by atoms with Gasteiger partial charge in [0.15, 0.2) is 0 Å². The summed E-state index contributed by atoms with van der Waals surface area (Å²) in [6.45, 7) is 5.44. The molecule has 0 spiro atoms. The molecule has 0 aromatic heterocycles. The molecule has 2 unspecified atom stereocenters. The molecule has 2 aromatic carbocycles. The number of amides is 1. The Morgan fingerprint density at radius 2 is 1.79 bits per heavy atom. The highest BCUT2D eigenvalue weighted by Gasteiger charge is 2.38. The van der Waals surface area contributed by atoms with Gasteiger partial charge < -0.3 is 4.90 Å². The normalized spacial score (nSPS) is 19.8. The van der Waals surface area contributed by atoms with E-state index >= 15 is 0 Å². The number of carbonyl (C=O) groups excluding carboxylic acids is 1. The Balaban J connectivity index is 1.69. The van der Waals surface area contributed by atoms with Crippen LogP contribution in [0.5, 0.6) is 0 Å². The van der Waals surface area contributed by atoms with E-state index in [1.54, 1.807) is 17.0 Å². The zero-order chi connectivity index (χ0) is 24.3. The van der Waals surface area contributed by atoms with Crippen molar-refractivity contribution < 1.29 is 27.3 Å². The van der Waals surface area contributed by atoms with Gasteiger partial charge in [0.25, 0.3) is 5.69 Å². The summed E-state index contributed by atoms with van der Waals surface area (Å²) in [6, 6.07) is 8.71. The van der Waals surface area contributed by atoms with Crippen molar-refractivity contribution in [3.05, 3.63) is 81.2 Å². The summed E-state index contributed by atoms with van der Waals surface area (Å²) < 4.78 is 52.6. The van der Waals surface area contributed by atoms with E-state index in [1.165, 1.54) is 30.4 Å². The molecule has 1 aliphatic rings. The highest BCUT2D eigenvalue weighted by atomic mass is 19.4. The van der Waals surface area contributed by atoms with Gasteiger partial charge in [0.1, 0.15) is 11.4 Å². The van der Waals surface area contributed by atoms with E-state index < -0.39 is 22.4 Å². The van der Waals surface area contributed by atoms with Crippen LogP contribution in [0.1, 0.15) is 30.5 Å². The van der Waals surface area contributed by atoms with Gasteiger partial charge in [-0.1, -0.05) is 12.1 Å². The predicted octanol–water partition coefficient (Wildman–Crippen LogP) is 4.89. The maximum absolute atomic E-state index is 13.2. The van der Waals surface area contributed by atoms with Gasteiger partial charge in [-0.05, 0) is 55.3 Å². The van der Waals surface area contributed by atoms with E-state index in [0.717, 1.165) is 11.6 Å². The maximum atomic E-state index is 13.2. The fourth-order valence-electron chi connectivity index (χ4n) is 3.86. The number of hydrogen-bond donors (Lipinski definition) is 0. The molecule has 1 aliphatic heterocycles. The van der Waals surface area contributed by atoms with Crippen molar-refractivity contribution in [1.82, 2.24) is 9.80 Å². The van der Waals surface area contributed by atoms with Crippen LogP contribution in [0.4, 0.5) is 23.2 Å². The number of alkyl halides is 3. The lowest BCUT2D eigenvalue weighted by atomic mass is 10.1. The minimum absolute atomic E-state index is 0.0137. The van der Waals surface area contributed by atoms with Gasteiger partial charge in [-0.15, -0.1) is 0 Å². The molecule has 6 nitrogen and oxygen atoms in total. The highest BCUT2D eigenvalue weighted by molar-refractivity contribution is 5.92. The van der Waals surface area contributed by atoms with Gasteiger partial charge in [-0.2, -0.15) is 13.2 Å². The van der Waals surface area contributed by atoms with Crippen LogP contribution in [0.15, 0.2) is 48.5 Å². The van der Waals surface area contributed by atoms with E-state index in [1.807, 2.05) is 13.8 Å². The van der Waals surface area contributed by atoms with E-state index in [4.69, 9.17) is 0 Å². The van der Waals surface area contributed by atoms with Gasteiger partial charge in [0, 0.05) is 43.9 Å². The van der Waals surface area contributed by atoms with Crippen LogP contribution >= 0.6 is 0 Å². The molecule has 3 rings (SSSR count).